The van der Waals surface area contributed by atoms with Gasteiger partial charge in [-0.25, -0.2) is 0 Å². The van der Waals surface area contributed by atoms with E-state index in [-0.39, 0.29) is 6.92 Å². The highest BCUT2D eigenvalue weighted by Gasteiger charge is 2.41. The van der Waals surface area contributed by atoms with E-state index in [1.54, 1.807) is 0 Å². The van der Waals surface area contributed by atoms with Gasteiger partial charge in [0.25, 0.3) is 0 Å². The summed E-state index contributed by atoms with van der Waals surface area (Å²) in [6, 6.07) is 45.2. The first-order valence-electron chi connectivity index (χ1n) is 14.0. The molecule has 41 heavy (non-hydrogen) atoms. The van der Waals surface area contributed by atoms with E-state index in [1.807, 2.05) is 12.1 Å². The minimum atomic E-state index is -0.208. The number of benzene rings is 6. The Labute approximate surface area is 238 Å². The van der Waals surface area contributed by atoms with Gasteiger partial charge in [-0.2, -0.15) is 0 Å². The Morgan fingerprint density at radius 3 is 2.10 bits per heavy atom. The van der Waals surface area contributed by atoms with Crippen LogP contribution >= 0.6 is 0 Å². The molecule has 0 saturated carbocycles. The van der Waals surface area contributed by atoms with E-state index < -0.39 is 0 Å². The average Bonchev–Trinajstić information content (AvgIpc) is 3.35. The van der Waals surface area contributed by atoms with Crippen molar-refractivity contribution in [3.8, 4) is 45.2 Å². The molecule has 3 heterocycles. The van der Waals surface area contributed by atoms with Crippen LogP contribution in [0, 0.1) is 6.92 Å². The molecule has 2 aliphatic rings. The van der Waals surface area contributed by atoms with Gasteiger partial charge in [-0.1, -0.05) is 84.9 Å². The zero-order valence-corrected chi connectivity index (χ0v) is 22.5. The van der Waals surface area contributed by atoms with Gasteiger partial charge in [-0.3, -0.25) is 0 Å². The van der Waals surface area contributed by atoms with Gasteiger partial charge < -0.3 is 14.0 Å². The molecule has 0 unspecified atom stereocenters. The lowest BCUT2D eigenvalue weighted by atomic mass is 9.50. The molecule has 0 atom stereocenters. The minimum absolute atomic E-state index is 0.208. The van der Waals surface area contributed by atoms with Crippen LogP contribution in [0.25, 0.3) is 49.7 Å². The van der Waals surface area contributed by atoms with Crippen molar-refractivity contribution in [2.24, 2.45) is 0 Å². The fourth-order valence-electron chi connectivity index (χ4n) is 6.72. The Morgan fingerprint density at radius 1 is 0.561 bits per heavy atom. The van der Waals surface area contributed by atoms with Crippen LogP contribution in [0.15, 0.2) is 127 Å². The van der Waals surface area contributed by atoms with Crippen LogP contribution in [-0.4, -0.2) is 11.5 Å². The maximum absolute atomic E-state index is 6.69. The number of aryl methyl sites for hydroxylation is 1. The van der Waals surface area contributed by atoms with Crippen LogP contribution < -0.4 is 20.3 Å². The zero-order valence-electron chi connectivity index (χ0n) is 22.5. The van der Waals surface area contributed by atoms with Gasteiger partial charge in [0.2, 0.25) is 0 Å². The smallest absolute Gasteiger partial charge is 0.434 e. The standard InChI is InChI=1S/C37H24BNO2/c1-23-18-19-28-29-21-24(22-36-37(29)38(41-35(28)20-23)30-13-5-9-17-34(30)40-36)25-10-2-6-14-31(25)39-32-15-7-3-11-26(32)27-12-4-8-16-33(27)39/h2-22H,1H3. The van der Waals surface area contributed by atoms with Crippen molar-refractivity contribution >= 4 is 39.6 Å². The van der Waals surface area contributed by atoms with Gasteiger partial charge in [-0.05, 0) is 66.1 Å². The van der Waals surface area contributed by atoms with Gasteiger partial charge >= 0.3 is 6.92 Å². The molecule has 192 valence electrons. The van der Waals surface area contributed by atoms with Crippen molar-refractivity contribution in [2.75, 3.05) is 0 Å². The van der Waals surface area contributed by atoms with Crippen LogP contribution in [0.4, 0.5) is 0 Å². The number of aromatic nitrogens is 1. The first-order chi connectivity index (χ1) is 20.2. The highest BCUT2D eigenvalue weighted by molar-refractivity contribution is 6.84. The predicted octanol–water partition coefficient (Wildman–Crippen LogP) is 8.03. The first kappa shape index (κ1) is 22.6. The van der Waals surface area contributed by atoms with Crippen LogP contribution in [-0.2, 0) is 0 Å². The largest absolute Gasteiger partial charge is 0.551 e. The topological polar surface area (TPSA) is 23.4 Å². The van der Waals surface area contributed by atoms with Crippen LogP contribution in [0.1, 0.15) is 5.56 Å². The molecule has 1 aromatic heterocycles. The molecule has 0 amide bonds. The SMILES string of the molecule is Cc1ccc2c(c1)OB1c3ccccc3Oc3cc(-c4ccccc4-n4c5ccccc5c5ccccc54)cc-2c31. The summed E-state index contributed by atoms with van der Waals surface area (Å²) >= 11 is 0. The van der Waals surface area contributed by atoms with Gasteiger partial charge in [0, 0.05) is 32.8 Å². The second-order valence-corrected chi connectivity index (χ2v) is 11.0. The van der Waals surface area contributed by atoms with Crippen molar-refractivity contribution in [1.29, 1.82) is 0 Å². The van der Waals surface area contributed by atoms with Crippen LogP contribution in [0.3, 0.4) is 0 Å². The van der Waals surface area contributed by atoms with E-state index in [4.69, 9.17) is 9.39 Å². The Hall–Kier alpha value is -5.22. The van der Waals surface area contributed by atoms with E-state index in [0.717, 1.165) is 56.1 Å². The minimum Gasteiger partial charge on any atom is -0.551 e. The molecule has 0 spiro atoms. The summed E-state index contributed by atoms with van der Waals surface area (Å²) in [4.78, 5) is 0. The molecular formula is C37H24BNO2. The molecule has 2 aliphatic heterocycles. The maximum Gasteiger partial charge on any atom is 0.434 e. The Bertz CT molecular complexity index is 2140. The van der Waals surface area contributed by atoms with Crippen molar-refractivity contribution in [1.82, 2.24) is 4.57 Å². The summed E-state index contributed by atoms with van der Waals surface area (Å²) < 4.78 is 15.7. The van der Waals surface area contributed by atoms with Crippen molar-refractivity contribution in [3.63, 3.8) is 0 Å². The number of hydrogen-bond donors (Lipinski definition) is 0. The lowest BCUT2D eigenvalue weighted by molar-refractivity contribution is 0.479. The van der Waals surface area contributed by atoms with E-state index in [1.165, 1.54) is 27.4 Å². The highest BCUT2D eigenvalue weighted by Crippen LogP contribution is 2.43. The second-order valence-electron chi connectivity index (χ2n) is 11.0. The van der Waals surface area contributed by atoms with E-state index in [2.05, 4.69) is 127 Å². The summed E-state index contributed by atoms with van der Waals surface area (Å²) in [6.45, 7) is 1.90. The number of fused-ring (bicyclic) bond motifs is 7. The maximum atomic E-state index is 6.69. The Morgan fingerprint density at radius 2 is 1.27 bits per heavy atom. The molecule has 0 bridgehead atoms. The first-order valence-corrected chi connectivity index (χ1v) is 14.0. The zero-order chi connectivity index (χ0) is 27.1. The number of hydrogen-bond acceptors (Lipinski definition) is 2. The highest BCUT2D eigenvalue weighted by atomic mass is 16.5. The molecule has 0 fully saturated rings. The monoisotopic (exact) mass is 525 g/mol. The van der Waals surface area contributed by atoms with Crippen LogP contribution in [0.5, 0.6) is 17.2 Å². The molecule has 9 rings (SSSR count). The fraction of sp³-hybridized carbons (Fsp3) is 0.0270. The summed E-state index contributed by atoms with van der Waals surface area (Å²) in [5.41, 5.74) is 11.4. The van der Waals surface area contributed by atoms with E-state index >= 15 is 0 Å². The third-order valence-corrected chi connectivity index (χ3v) is 8.53. The normalized spacial score (nSPS) is 12.9. The number of nitrogens with zero attached hydrogens (tertiary/aromatic N) is 1. The Balaban J connectivity index is 1.33. The fourth-order valence-corrected chi connectivity index (χ4v) is 6.72. The van der Waals surface area contributed by atoms with E-state index in [9.17, 15) is 0 Å². The van der Waals surface area contributed by atoms with Crippen LogP contribution in [0.2, 0.25) is 0 Å². The molecule has 4 heteroatoms. The third kappa shape index (κ3) is 3.22. The quantitative estimate of drug-likeness (QED) is 0.213. The third-order valence-electron chi connectivity index (χ3n) is 8.53. The second kappa shape index (κ2) is 8.39. The summed E-state index contributed by atoms with van der Waals surface area (Å²) in [6.07, 6.45) is 0. The van der Waals surface area contributed by atoms with Crippen molar-refractivity contribution < 1.29 is 9.39 Å². The van der Waals surface area contributed by atoms with E-state index in [0.29, 0.717) is 0 Å². The molecule has 3 nitrogen and oxygen atoms in total. The van der Waals surface area contributed by atoms with Gasteiger partial charge in [0.1, 0.15) is 17.2 Å². The lowest BCUT2D eigenvalue weighted by Crippen LogP contribution is -2.53. The molecule has 0 N–H and O–H groups in total. The molecule has 0 radical (unpaired) electrons. The average molecular weight is 525 g/mol. The van der Waals surface area contributed by atoms with Crippen molar-refractivity contribution in [3.05, 3.63) is 133 Å². The van der Waals surface area contributed by atoms with Gasteiger partial charge in [0.05, 0.1) is 16.7 Å². The molecule has 0 saturated heterocycles. The predicted molar refractivity (Wildman–Crippen MR) is 169 cm³/mol. The lowest BCUT2D eigenvalue weighted by Gasteiger charge is -2.33. The molecule has 0 aliphatic carbocycles. The number of para-hydroxylation sites is 4. The Kier molecular flexibility index (Phi) is 4.62. The molecule has 7 aromatic rings. The summed E-state index contributed by atoms with van der Waals surface area (Å²) in [5, 5.41) is 2.50. The van der Waals surface area contributed by atoms with Gasteiger partial charge in [-0.15, -0.1) is 0 Å². The number of rotatable bonds is 2. The molecular weight excluding hydrogens is 501 g/mol. The number of ether oxygens (including phenoxy) is 1. The van der Waals surface area contributed by atoms with Crippen molar-refractivity contribution in [2.45, 2.75) is 6.92 Å². The molecule has 6 aromatic carbocycles. The van der Waals surface area contributed by atoms with Gasteiger partial charge in [0.15, 0.2) is 0 Å². The summed E-state index contributed by atoms with van der Waals surface area (Å²) in [7, 11) is 0. The summed E-state index contributed by atoms with van der Waals surface area (Å²) in [5.74, 6) is 2.61.